The van der Waals surface area contributed by atoms with Crippen LogP contribution in [0.2, 0.25) is 0 Å². The van der Waals surface area contributed by atoms with E-state index in [0.29, 0.717) is 6.04 Å². The molecule has 2 rings (SSSR count). The van der Waals surface area contributed by atoms with Gasteiger partial charge in [-0.3, -0.25) is 4.90 Å². The number of hydrogen-bond acceptors (Lipinski definition) is 4. The Hall–Kier alpha value is -1.29. The Bertz CT molecular complexity index is 383. The lowest BCUT2D eigenvalue weighted by Gasteiger charge is -2.37. The number of piperazine rings is 1. The van der Waals surface area contributed by atoms with Crippen molar-refractivity contribution in [3.8, 4) is 0 Å². The molecule has 0 aromatic carbocycles. The van der Waals surface area contributed by atoms with Gasteiger partial charge in [-0.2, -0.15) is 0 Å². The molecule has 1 aliphatic rings. The molecule has 4 nitrogen and oxygen atoms in total. The van der Waals surface area contributed by atoms with Gasteiger partial charge in [-0.15, -0.1) is 0 Å². The van der Waals surface area contributed by atoms with Gasteiger partial charge >= 0.3 is 0 Å². The third kappa shape index (κ3) is 3.83. The SMILES string of the molecule is CCCNc1cccc(N2CCN(C(C)C)CC2)n1. The number of nitrogens with one attached hydrogen (secondary N) is 1. The van der Waals surface area contributed by atoms with Crippen LogP contribution in [0, 0.1) is 0 Å². The van der Waals surface area contributed by atoms with Gasteiger partial charge in [0.15, 0.2) is 0 Å². The molecule has 0 atom stereocenters. The van der Waals surface area contributed by atoms with Crippen LogP contribution in [0.15, 0.2) is 18.2 Å². The molecule has 0 unspecified atom stereocenters. The molecule has 106 valence electrons. The van der Waals surface area contributed by atoms with E-state index in [-0.39, 0.29) is 0 Å². The first kappa shape index (κ1) is 14.1. The second kappa shape index (κ2) is 6.75. The summed E-state index contributed by atoms with van der Waals surface area (Å²) in [6.07, 6.45) is 1.12. The lowest BCUT2D eigenvalue weighted by molar-refractivity contribution is 0.209. The molecule has 1 saturated heterocycles. The molecule has 0 radical (unpaired) electrons. The standard InChI is InChI=1S/C15H26N4/c1-4-8-16-14-6-5-7-15(17-14)19-11-9-18(10-12-19)13(2)3/h5-7,13H,4,8-12H2,1-3H3,(H,16,17). The first-order chi connectivity index (χ1) is 9.20. The molecule has 19 heavy (non-hydrogen) atoms. The topological polar surface area (TPSA) is 31.4 Å². The predicted molar refractivity (Wildman–Crippen MR) is 81.9 cm³/mol. The lowest BCUT2D eigenvalue weighted by atomic mass is 10.2. The highest BCUT2D eigenvalue weighted by molar-refractivity contribution is 5.47. The number of rotatable bonds is 5. The van der Waals surface area contributed by atoms with Crippen molar-refractivity contribution in [2.45, 2.75) is 33.2 Å². The molecular formula is C15H26N4. The zero-order valence-electron chi connectivity index (χ0n) is 12.4. The summed E-state index contributed by atoms with van der Waals surface area (Å²) in [4.78, 5) is 9.61. The van der Waals surface area contributed by atoms with E-state index in [0.717, 1.165) is 50.8 Å². The van der Waals surface area contributed by atoms with Gasteiger partial charge in [-0.1, -0.05) is 13.0 Å². The van der Waals surface area contributed by atoms with Gasteiger partial charge in [-0.25, -0.2) is 4.98 Å². The Morgan fingerprint density at radius 2 is 1.95 bits per heavy atom. The molecule has 1 aromatic heterocycles. The Labute approximate surface area is 116 Å². The Morgan fingerprint density at radius 3 is 2.58 bits per heavy atom. The van der Waals surface area contributed by atoms with Gasteiger partial charge < -0.3 is 10.2 Å². The second-order valence-corrected chi connectivity index (χ2v) is 5.42. The van der Waals surface area contributed by atoms with Crippen LogP contribution in [-0.2, 0) is 0 Å². The summed E-state index contributed by atoms with van der Waals surface area (Å²) < 4.78 is 0. The maximum absolute atomic E-state index is 4.70. The number of pyridine rings is 1. The average Bonchev–Trinajstić information content (AvgIpc) is 2.45. The molecule has 0 spiro atoms. The van der Waals surface area contributed by atoms with Crippen molar-refractivity contribution in [3.63, 3.8) is 0 Å². The molecule has 0 bridgehead atoms. The smallest absolute Gasteiger partial charge is 0.131 e. The Kier molecular flexibility index (Phi) is 5.02. The van der Waals surface area contributed by atoms with Crippen molar-refractivity contribution in [1.82, 2.24) is 9.88 Å². The van der Waals surface area contributed by atoms with Crippen molar-refractivity contribution >= 4 is 11.6 Å². The van der Waals surface area contributed by atoms with E-state index < -0.39 is 0 Å². The van der Waals surface area contributed by atoms with E-state index in [1.54, 1.807) is 0 Å². The summed E-state index contributed by atoms with van der Waals surface area (Å²) in [5.74, 6) is 2.09. The largest absolute Gasteiger partial charge is 0.370 e. The molecule has 1 fully saturated rings. The monoisotopic (exact) mass is 262 g/mol. The molecule has 0 saturated carbocycles. The first-order valence-electron chi connectivity index (χ1n) is 7.40. The molecule has 0 amide bonds. The van der Waals surface area contributed by atoms with Crippen LogP contribution in [-0.4, -0.2) is 48.6 Å². The van der Waals surface area contributed by atoms with E-state index in [2.05, 4.69) is 48.0 Å². The van der Waals surface area contributed by atoms with Crippen LogP contribution in [0.1, 0.15) is 27.2 Å². The fourth-order valence-corrected chi connectivity index (χ4v) is 2.42. The van der Waals surface area contributed by atoms with Gasteiger partial charge in [0, 0.05) is 38.8 Å². The number of hydrogen-bond donors (Lipinski definition) is 1. The van der Waals surface area contributed by atoms with Gasteiger partial charge in [0.2, 0.25) is 0 Å². The highest BCUT2D eigenvalue weighted by Gasteiger charge is 2.19. The summed E-state index contributed by atoms with van der Waals surface area (Å²) in [7, 11) is 0. The minimum absolute atomic E-state index is 0.646. The van der Waals surface area contributed by atoms with Crippen molar-refractivity contribution in [3.05, 3.63) is 18.2 Å². The predicted octanol–water partition coefficient (Wildman–Crippen LogP) is 2.43. The van der Waals surface area contributed by atoms with Crippen molar-refractivity contribution in [1.29, 1.82) is 0 Å². The van der Waals surface area contributed by atoms with E-state index in [1.807, 2.05) is 6.07 Å². The summed E-state index contributed by atoms with van der Waals surface area (Å²) in [6, 6.07) is 6.90. The van der Waals surface area contributed by atoms with Crippen LogP contribution >= 0.6 is 0 Å². The quantitative estimate of drug-likeness (QED) is 0.883. The fourth-order valence-electron chi connectivity index (χ4n) is 2.42. The minimum Gasteiger partial charge on any atom is -0.370 e. The van der Waals surface area contributed by atoms with Gasteiger partial charge in [0.25, 0.3) is 0 Å². The maximum atomic E-state index is 4.70. The zero-order valence-corrected chi connectivity index (χ0v) is 12.4. The normalized spacial score (nSPS) is 16.9. The zero-order chi connectivity index (χ0) is 13.7. The van der Waals surface area contributed by atoms with Crippen LogP contribution in [0.3, 0.4) is 0 Å². The third-order valence-electron chi connectivity index (χ3n) is 3.66. The minimum atomic E-state index is 0.646. The number of nitrogens with zero attached hydrogens (tertiary/aromatic N) is 3. The van der Waals surface area contributed by atoms with Crippen molar-refractivity contribution < 1.29 is 0 Å². The summed E-state index contributed by atoms with van der Waals surface area (Å²) >= 11 is 0. The molecule has 1 aliphatic heterocycles. The Balaban J connectivity index is 1.95. The average molecular weight is 262 g/mol. The van der Waals surface area contributed by atoms with E-state index >= 15 is 0 Å². The molecule has 0 aliphatic carbocycles. The molecule has 4 heteroatoms. The van der Waals surface area contributed by atoms with Gasteiger partial charge in [0.05, 0.1) is 0 Å². The Morgan fingerprint density at radius 1 is 1.21 bits per heavy atom. The van der Waals surface area contributed by atoms with E-state index in [4.69, 9.17) is 4.98 Å². The fraction of sp³-hybridized carbons (Fsp3) is 0.667. The lowest BCUT2D eigenvalue weighted by Crippen LogP contribution is -2.49. The summed E-state index contributed by atoms with van der Waals surface area (Å²) in [5.41, 5.74) is 0. The summed E-state index contributed by atoms with van der Waals surface area (Å²) in [6.45, 7) is 12.1. The maximum Gasteiger partial charge on any atom is 0.131 e. The molecular weight excluding hydrogens is 236 g/mol. The summed E-state index contributed by atoms with van der Waals surface area (Å²) in [5, 5.41) is 3.35. The molecule has 1 aromatic rings. The third-order valence-corrected chi connectivity index (χ3v) is 3.66. The molecule has 2 heterocycles. The van der Waals surface area contributed by atoms with E-state index in [9.17, 15) is 0 Å². The number of aromatic nitrogens is 1. The van der Waals surface area contributed by atoms with E-state index in [1.165, 1.54) is 0 Å². The van der Waals surface area contributed by atoms with Crippen molar-refractivity contribution in [2.75, 3.05) is 42.9 Å². The number of anilines is 2. The van der Waals surface area contributed by atoms with Gasteiger partial charge in [-0.05, 0) is 32.4 Å². The van der Waals surface area contributed by atoms with Crippen LogP contribution in [0.5, 0.6) is 0 Å². The molecule has 1 N–H and O–H groups in total. The van der Waals surface area contributed by atoms with Crippen LogP contribution in [0.4, 0.5) is 11.6 Å². The van der Waals surface area contributed by atoms with Crippen molar-refractivity contribution in [2.24, 2.45) is 0 Å². The van der Waals surface area contributed by atoms with Crippen LogP contribution < -0.4 is 10.2 Å². The van der Waals surface area contributed by atoms with Gasteiger partial charge in [0.1, 0.15) is 11.6 Å². The first-order valence-corrected chi connectivity index (χ1v) is 7.40. The second-order valence-electron chi connectivity index (χ2n) is 5.42. The highest BCUT2D eigenvalue weighted by Crippen LogP contribution is 2.17. The highest BCUT2D eigenvalue weighted by atomic mass is 15.3. The van der Waals surface area contributed by atoms with Crippen LogP contribution in [0.25, 0.3) is 0 Å².